The van der Waals surface area contributed by atoms with Crippen LogP contribution in [0.3, 0.4) is 0 Å². The fourth-order valence-corrected chi connectivity index (χ4v) is 4.15. The van der Waals surface area contributed by atoms with Crippen molar-refractivity contribution in [3.05, 3.63) is 35.7 Å². The van der Waals surface area contributed by atoms with Crippen LogP contribution >= 0.6 is 11.5 Å². The molecule has 0 fully saturated rings. The highest BCUT2D eigenvalue weighted by atomic mass is 32.1. The van der Waals surface area contributed by atoms with Crippen molar-refractivity contribution in [3.8, 4) is 11.5 Å². The molecule has 0 radical (unpaired) electrons. The molecule has 0 bridgehead atoms. The number of pyridine rings is 2. The number of alkyl halides is 3. The van der Waals surface area contributed by atoms with Crippen LogP contribution in [-0.2, 0) is 17.4 Å². The van der Waals surface area contributed by atoms with Gasteiger partial charge in [0.1, 0.15) is 5.69 Å². The van der Waals surface area contributed by atoms with Gasteiger partial charge in [-0.25, -0.2) is 4.98 Å². The Kier molecular flexibility index (Phi) is 5.95. The fraction of sp³-hybridized carbons (Fsp3) is 0.381. The summed E-state index contributed by atoms with van der Waals surface area (Å²) < 4.78 is 43.8. The molecule has 0 saturated carbocycles. The number of hydrogen-bond donors (Lipinski definition) is 1. The van der Waals surface area contributed by atoms with Crippen molar-refractivity contribution in [3.63, 3.8) is 0 Å². The van der Waals surface area contributed by atoms with Crippen LogP contribution in [0.1, 0.15) is 31.9 Å². The molecular weight excluding hydrogens is 455 g/mol. The maximum atomic E-state index is 13.2. The first-order valence-corrected chi connectivity index (χ1v) is 11.0. The minimum Gasteiger partial charge on any atom is -0.367 e. The molecule has 8 nitrogen and oxygen atoms in total. The lowest BCUT2D eigenvalue weighted by Gasteiger charge is -2.23. The first-order chi connectivity index (χ1) is 15.5. The second-order valence-electron chi connectivity index (χ2n) is 7.95. The lowest BCUT2D eigenvalue weighted by Crippen LogP contribution is -2.28. The molecule has 0 saturated heterocycles. The molecule has 1 N–H and O–H groups in total. The minimum absolute atomic E-state index is 0.0153. The van der Waals surface area contributed by atoms with Crippen molar-refractivity contribution in [2.24, 2.45) is 0 Å². The number of nitrogens with zero attached hydrogens (tertiary/aromatic N) is 6. The summed E-state index contributed by atoms with van der Waals surface area (Å²) in [6.07, 6.45) is -1.14. The predicted octanol–water partition coefficient (Wildman–Crippen LogP) is 4.51. The maximum absolute atomic E-state index is 13.2. The van der Waals surface area contributed by atoms with Crippen LogP contribution in [0.25, 0.3) is 11.5 Å². The highest BCUT2D eigenvalue weighted by Gasteiger charge is 2.32. The van der Waals surface area contributed by atoms with Gasteiger partial charge in [-0.3, -0.25) is 9.78 Å². The fourth-order valence-electron chi connectivity index (χ4n) is 3.58. The predicted molar refractivity (Wildman–Crippen MR) is 121 cm³/mol. The number of carbonyl (C=O) groups is 1. The van der Waals surface area contributed by atoms with Crippen molar-refractivity contribution in [1.29, 1.82) is 0 Å². The van der Waals surface area contributed by atoms with E-state index >= 15 is 0 Å². The second-order valence-corrected chi connectivity index (χ2v) is 8.70. The number of anilines is 4. The second kappa shape index (κ2) is 8.58. The summed E-state index contributed by atoms with van der Waals surface area (Å²) in [4.78, 5) is 28.0. The Morgan fingerprint density at radius 3 is 2.67 bits per heavy atom. The van der Waals surface area contributed by atoms with Gasteiger partial charge in [0.25, 0.3) is 0 Å². The Hall–Kier alpha value is -3.28. The zero-order chi connectivity index (χ0) is 23.9. The quantitative estimate of drug-likeness (QED) is 0.579. The lowest BCUT2D eigenvalue weighted by atomic mass is 10.2. The average molecular weight is 478 g/mol. The Bertz CT molecular complexity index is 1190. The van der Waals surface area contributed by atoms with Gasteiger partial charge in [-0.05, 0) is 38.0 Å². The van der Waals surface area contributed by atoms with Crippen LogP contribution in [0.15, 0.2) is 24.5 Å². The highest BCUT2D eigenvalue weighted by molar-refractivity contribution is 7.09. The van der Waals surface area contributed by atoms with Crippen LogP contribution in [0.5, 0.6) is 0 Å². The SMILES string of the molecule is CC(=O)N(C)c1cc(C(F)(F)F)cnc1Nc1nc(-c2cc3c(cn2)N(C(C)C)CC3)ns1. The van der Waals surface area contributed by atoms with Crippen LogP contribution < -0.4 is 15.1 Å². The van der Waals surface area contributed by atoms with Gasteiger partial charge in [-0.1, -0.05) is 0 Å². The smallest absolute Gasteiger partial charge is 0.367 e. The summed E-state index contributed by atoms with van der Waals surface area (Å²) in [5.74, 6) is 0.0366. The van der Waals surface area contributed by atoms with Crippen LogP contribution in [0.4, 0.5) is 35.5 Å². The van der Waals surface area contributed by atoms with Gasteiger partial charge in [0.2, 0.25) is 11.0 Å². The van der Waals surface area contributed by atoms with Crippen LogP contribution in [0, 0.1) is 0 Å². The number of carbonyl (C=O) groups excluding carboxylic acids is 1. The van der Waals surface area contributed by atoms with Crippen molar-refractivity contribution in [2.75, 3.05) is 28.7 Å². The first kappa shape index (κ1) is 22.9. The minimum atomic E-state index is -4.59. The molecule has 0 spiro atoms. The topological polar surface area (TPSA) is 87.1 Å². The van der Waals surface area contributed by atoms with Gasteiger partial charge >= 0.3 is 6.18 Å². The van der Waals surface area contributed by atoms with Gasteiger partial charge in [0.15, 0.2) is 11.6 Å². The number of hydrogen-bond acceptors (Lipinski definition) is 8. The summed E-state index contributed by atoms with van der Waals surface area (Å²) in [6.45, 7) is 6.46. The number of fused-ring (bicyclic) bond motifs is 1. The van der Waals surface area contributed by atoms with Crippen molar-refractivity contribution >= 4 is 39.8 Å². The van der Waals surface area contributed by atoms with E-state index in [9.17, 15) is 18.0 Å². The Balaban J connectivity index is 1.61. The number of amides is 1. The monoisotopic (exact) mass is 477 g/mol. The number of rotatable bonds is 5. The van der Waals surface area contributed by atoms with E-state index in [4.69, 9.17) is 0 Å². The summed E-state index contributed by atoms with van der Waals surface area (Å²) in [5.41, 5.74) is 1.93. The summed E-state index contributed by atoms with van der Waals surface area (Å²) >= 11 is 1.03. The standard InChI is InChI=1S/C21H22F3N7OS/c1-11(2)31-6-5-13-7-15(25-10-17(13)31)18-27-20(33-29-18)28-19-16(30(4)12(3)32)8-14(9-26-19)21(22,23)24/h7-11H,5-6H2,1-4H3,(H,26,27,28,29). The largest absolute Gasteiger partial charge is 0.417 e. The zero-order valence-electron chi connectivity index (χ0n) is 18.4. The van der Waals surface area contributed by atoms with E-state index in [2.05, 4.69) is 43.4 Å². The third-order valence-electron chi connectivity index (χ3n) is 5.43. The third kappa shape index (κ3) is 4.61. The van der Waals surface area contributed by atoms with Gasteiger partial charge in [0.05, 0.1) is 23.1 Å². The maximum Gasteiger partial charge on any atom is 0.417 e. The van der Waals surface area contributed by atoms with Crippen molar-refractivity contribution < 1.29 is 18.0 Å². The number of aromatic nitrogens is 4. The molecule has 12 heteroatoms. The molecule has 3 aromatic heterocycles. The Morgan fingerprint density at radius 2 is 2.00 bits per heavy atom. The molecule has 1 amide bonds. The summed E-state index contributed by atoms with van der Waals surface area (Å²) in [6, 6.07) is 3.22. The van der Waals surface area contributed by atoms with Crippen molar-refractivity contribution in [1.82, 2.24) is 19.3 Å². The molecule has 0 atom stereocenters. The Labute approximate surface area is 192 Å². The lowest BCUT2D eigenvalue weighted by molar-refractivity contribution is -0.137. The van der Waals surface area contributed by atoms with Crippen LogP contribution in [0.2, 0.25) is 0 Å². The normalized spacial score (nSPS) is 13.4. The van der Waals surface area contributed by atoms with Crippen molar-refractivity contribution in [2.45, 2.75) is 39.4 Å². The molecule has 1 aliphatic heterocycles. The molecule has 0 aromatic carbocycles. The molecule has 1 aliphatic rings. The zero-order valence-corrected chi connectivity index (χ0v) is 19.3. The van der Waals surface area contributed by atoms with Gasteiger partial charge < -0.3 is 15.1 Å². The first-order valence-electron chi connectivity index (χ1n) is 10.2. The van der Waals surface area contributed by atoms with E-state index in [1.54, 1.807) is 0 Å². The molecule has 0 aliphatic carbocycles. The van der Waals surface area contributed by atoms with E-state index in [1.807, 2.05) is 12.3 Å². The number of nitrogens with one attached hydrogen (secondary N) is 1. The molecule has 4 heterocycles. The molecule has 3 aromatic rings. The van der Waals surface area contributed by atoms with E-state index in [0.717, 1.165) is 41.2 Å². The molecule has 0 unspecified atom stereocenters. The van der Waals surface area contributed by atoms with E-state index in [0.29, 0.717) is 28.9 Å². The third-order valence-corrected chi connectivity index (χ3v) is 6.06. The molecular formula is C21H22F3N7OS. The summed E-state index contributed by atoms with van der Waals surface area (Å²) in [5, 5.41) is 3.21. The molecule has 174 valence electrons. The van der Waals surface area contributed by atoms with Gasteiger partial charge in [0, 0.05) is 44.3 Å². The van der Waals surface area contributed by atoms with Gasteiger partial charge in [-0.15, -0.1) is 0 Å². The van der Waals surface area contributed by atoms with E-state index in [1.165, 1.54) is 19.5 Å². The number of halogens is 3. The summed E-state index contributed by atoms with van der Waals surface area (Å²) in [7, 11) is 1.38. The van der Waals surface area contributed by atoms with E-state index in [-0.39, 0.29) is 11.5 Å². The van der Waals surface area contributed by atoms with Gasteiger partial charge in [-0.2, -0.15) is 22.5 Å². The average Bonchev–Trinajstić information content (AvgIpc) is 3.39. The van der Waals surface area contributed by atoms with E-state index < -0.39 is 17.6 Å². The highest BCUT2D eigenvalue weighted by Crippen LogP contribution is 2.36. The van der Waals surface area contributed by atoms with Crippen LogP contribution in [-0.4, -0.2) is 44.9 Å². The molecule has 33 heavy (non-hydrogen) atoms. The Morgan fingerprint density at radius 1 is 1.24 bits per heavy atom. The molecule has 4 rings (SSSR count).